The zero-order valence-corrected chi connectivity index (χ0v) is 21.8. The van der Waals surface area contributed by atoms with E-state index in [4.69, 9.17) is 27.4 Å². The molecule has 1 atom stereocenters. The summed E-state index contributed by atoms with van der Waals surface area (Å²) in [6.45, 7) is 8.30. The van der Waals surface area contributed by atoms with Crippen molar-refractivity contribution in [3.05, 3.63) is 64.1 Å². The Bertz CT molecular complexity index is 1190. The predicted molar refractivity (Wildman–Crippen MR) is 142 cm³/mol. The molecule has 2 amide bonds. The molecule has 2 saturated heterocycles. The topological polar surface area (TPSA) is 91.8 Å². The number of carbonyl (C=O) groups excluding carboxylic acids is 1. The number of aryl methyl sites for hydroxylation is 1. The molecule has 0 saturated carbocycles. The van der Waals surface area contributed by atoms with Crippen molar-refractivity contribution in [3.63, 3.8) is 0 Å². The van der Waals surface area contributed by atoms with Crippen LogP contribution in [0.5, 0.6) is 0 Å². The summed E-state index contributed by atoms with van der Waals surface area (Å²) in [5.41, 5.74) is 11.1. The Morgan fingerprint density at radius 1 is 1.14 bits per heavy atom. The van der Waals surface area contributed by atoms with Crippen molar-refractivity contribution >= 4 is 23.3 Å². The van der Waals surface area contributed by atoms with Crippen LogP contribution in [0.15, 0.2) is 36.5 Å². The van der Waals surface area contributed by atoms with E-state index in [1.165, 1.54) is 23.2 Å². The van der Waals surface area contributed by atoms with Gasteiger partial charge in [-0.1, -0.05) is 23.7 Å². The van der Waals surface area contributed by atoms with Crippen LogP contribution in [0.3, 0.4) is 0 Å². The molecule has 4 heterocycles. The number of amides is 2. The van der Waals surface area contributed by atoms with Gasteiger partial charge in [-0.05, 0) is 75.4 Å². The third-order valence-electron chi connectivity index (χ3n) is 7.75. The Balaban J connectivity index is 1.23. The number of nitrogens with zero attached hydrogens (tertiary/aromatic N) is 5. The van der Waals surface area contributed by atoms with Gasteiger partial charge >= 0.3 is 6.03 Å². The first kappa shape index (κ1) is 25.0. The van der Waals surface area contributed by atoms with E-state index >= 15 is 0 Å². The lowest BCUT2D eigenvalue weighted by atomic mass is 9.94. The summed E-state index contributed by atoms with van der Waals surface area (Å²) < 4.78 is 2.08. The first-order chi connectivity index (χ1) is 17.5. The molecule has 2 fully saturated rings. The molecule has 0 bridgehead atoms. The third kappa shape index (κ3) is 5.66. The molecule has 36 heavy (non-hydrogen) atoms. The minimum Gasteiger partial charge on any atom is -0.351 e. The molecule has 0 aliphatic carbocycles. The molecule has 3 aromatic rings. The Labute approximate surface area is 217 Å². The molecule has 1 unspecified atom stereocenters. The number of fused-ring (bicyclic) bond motifs is 1. The van der Waals surface area contributed by atoms with Crippen molar-refractivity contribution in [1.82, 2.24) is 29.7 Å². The summed E-state index contributed by atoms with van der Waals surface area (Å²) in [5, 5.41) is 9.33. The molecule has 192 valence electrons. The summed E-state index contributed by atoms with van der Waals surface area (Å²) in [6, 6.07) is 10.0. The normalized spacial score (nSPS) is 19.7. The lowest BCUT2D eigenvalue weighted by molar-refractivity contribution is 0.178. The number of likely N-dealkylation sites (tertiary alicyclic amines) is 2. The number of halogens is 1. The molecule has 1 aromatic carbocycles. The molecule has 0 spiro atoms. The number of piperidine rings is 2. The van der Waals surface area contributed by atoms with Gasteiger partial charge in [0.15, 0.2) is 5.65 Å². The average Bonchev–Trinajstić information content (AvgIpc) is 3.21. The Morgan fingerprint density at radius 2 is 1.92 bits per heavy atom. The molecule has 3 N–H and O–H groups in total. The number of nitrogens with two attached hydrogens (primary N) is 1. The Kier molecular flexibility index (Phi) is 7.74. The van der Waals surface area contributed by atoms with E-state index in [0.29, 0.717) is 11.8 Å². The third-order valence-corrected chi connectivity index (χ3v) is 8.00. The van der Waals surface area contributed by atoms with Gasteiger partial charge in [-0.15, -0.1) is 0 Å². The summed E-state index contributed by atoms with van der Waals surface area (Å²) >= 11 is 6.06. The average molecular weight is 510 g/mol. The highest BCUT2D eigenvalue weighted by Gasteiger charge is 2.25. The summed E-state index contributed by atoms with van der Waals surface area (Å²) in [6.07, 6.45) is 6.24. The van der Waals surface area contributed by atoms with E-state index in [1.807, 2.05) is 18.3 Å². The highest BCUT2D eigenvalue weighted by Crippen LogP contribution is 2.29. The zero-order chi connectivity index (χ0) is 25.1. The van der Waals surface area contributed by atoms with Gasteiger partial charge in [0.25, 0.3) is 0 Å². The van der Waals surface area contributed by atoms with Gasteiger partial charge in [0.2, 0.25) is 0 Å². The van der Waals surface area contributed by atoms with Gasteiger partial charge in [0.05, 0.1) is 11.4 Å². The summed E-state index contributed by atoms with van der Waals surface area (Å²) in [7, 11) is 0. The fraction of sp³-hybridized carbons (Fsp3) is 0.519. The second kappa shape index (κ2) is 11.2. The summed E-state index contributed by atoms with van der Waals surface area (Å²) in [4.78, 5) is 20.3. The molecule has 2 aliphatic rings. The summed E-state index contributed by atoms with van der Waals surface area (Å²) in [5.74, 6) is 0.979. The van der Waals surface area contributed by atoms with Crippen LogP contribution in [0.1, 0.15) is 54.1 Å². The minimum atomic E-state index is -0.309. The van der Waals surface area contributed by atoms with Crippen LogP contribution in [-0.4, -0.2) is 63.2 Å². The maximum atomic E-state index is 11.4. The largest absolute Gasteiger partial charge is 0.351 e. The van der Waals surface area contributed by atoms with Crippen LogP contribution >= 0.6 is 11.6 Å². The first-order valence-corrected chi connectivity index (χ1v) is 13.4. The van der Waals surface area contributed by atoms with Gasteiger partial charge in [-0.3, -0.25) is 4.90 Å². The van der Waals surface area contributed by atoms with E-state index in [1.54, 1.807) is 4.90 Å². The zero-order valence-electron chi connectivity index (χ0n) is 21.0. The molecule has 8 nitrogen and oxygen atoms in total. The highest BCUT2D eigenvalue weighted by molar-refractivity contribution is 6.30. The van der Waals surface area contributed by atoms with Crippen LogP contribution in [0.4, 0.5) is 4.79 Å². The number of rotatable bonds is 7. The lowest BCUT2D eigenvalue weighted by Gasteiger charge is -2.33. The van der Waals surface area contributed by atoms with Gasteiger partial charge in [-0.25, -0.2) is 14.3 Å². The maximum Gasteiger partial charge on any atom is 0.314 e. The van der Waals surface area contributed by atoms with E-state index in [0.717, 1.165) is 81.4 Å². The van der Waals surface area contributed by atoms with E-state index in [2.05, 4.69) is 39.9 Å². The smallest absolute Gasteiger partial charge is 0.314 e. The van der Waals surface area contributed by atoms with Crippen LogP contribution < -0.4 is 11.1 Å². The second-order valence-corrected chi connectivity index (χ2v) is 10.7. The Hall–Kier alpha value is -2.68. The number of urea groups is 1. The van der Waals surface area contributed by atoms with E-state index < -0.39 is 0 Å². The van der Waals surface area contributed by atoms with Crippen molar-refractivity contribution in [2.24, 2.45) is 11.7 Å². The van der Waals surface area contributed by atoms with Crippen molar-refractivity contribution in [2.75, 3.05) is 32.7 Å². The number of carbonyl (C=O) groups is 1. The van der Waals surface area contributed by atoms with Crippen molar-refractivity contribution in [1.29, 1.82) is 0 Å². The number of hydrogen-bond donors (Lipinski definition) is 2. The van der Waals surface area contributed by atoms with E-state index in [-0.39, 0.29) is 6.03 Å². The van der Waals surface area contributed by atoms with Gasteiger partial charge in [-0.2, -0.15) is 5.10 Å². The molecule has 2 aliphatic heterocycles. The number of nitrogens with one attached hydrogen (secondary N) is 1. The Morgan fingerprint density at radius 3 is 2.67 bits per heavy atom. The number of benzene rings is 1. The van der Waals surface area contributed by atoms with Gasteiger partial charge in [0, 0.05) is 55.4 Å². The van der Waals surface area contributed by atoms with Gasteiger partial charge in [0.1, 0.15) is 0 Å². The highest BCUT2D eigenvalue weighted by atomic mass is 35.5. The monoisotopic (exact) mass is 509 g/mol. The first-order valence-electron chi connectivity index (χ1n) is 13.0. The molecular weight excluding hydrogens is 474 g/mol. The number of aromatic nitrogens is 3. The fourth-order valence-corrected chi connectivity index (χ4v) is 5.80. The fourth-order valence-electron chi connectivity index (χ4n) is 5.68. The number of hydrogen-bond acceptors (Lipinski definition) is 5. The molecule has 0 radical (unpaired) electrons. The van der Waals surface area contributed by atoms with Crippen molar-refractivity contribution < 1.29 is 4.79 Å². The van der Waals surface area contributed by atoms with Crippen molar-refractivity contribution in [2.45, 2.75) is 51.6 Å². The quantitative estimate of drug-likeness (QED) is 0.503. The molecular formula is C27H36ClN7O. The molecule has 2 aromatic heterocycles. The number of primary amides is 1. The standard InChI is InChI=1S/C27H36ClN7O/c1-19-24(16-30-15-20-9-13-34(14-10-20)27(29)36)26-31-11-8-25(35(26)32-19)22-3-2-12-33(18-22)17-21-4-6-23(28)7-5-21/h4-8,11,20,22,30H,2-3,9-10,12-18H2,1H3,(H2,29,36). The molecule has 5 rings (SSSR count). The maximum absolute atomic E-state index is 11.4. The predicted octanol–water partition coefficient (Wildman–Crippen LogP) is 3.95. The van der Waals surface area contributed by atoms with Crippen LogP contribution in [0.25, 0.3) is 5.65 Å². The lowest BCUT2D eigenvalue weighted by Crippen LogP contribution is -2.43. The van der Waals surface area contributed by atoms with Crippen molar-refractivity contribution in [3.8, 4) is 0 Å². The van der Waals surface area contributed by atoms with Crippen LogP contribution in [-0.2, 0) is 13.1 Å². The minimum absolute atomic E-state index is 0.309. The van der Waals surface area contributed by atoms with Crippen LogP contribution in [0, 0.1) is 12.8 Å². The van der Waals surface area contributed by atoms with Gasteiger partial charge < -0.3 is 16.0 Å². The molecule has 9 heteroatoms. The van der Waals surface area contributed by atoms with E-state index in [9.17, 15) is 4.79 Å². The van der Waals surface area contributed by atoms with Crippen LogP contribution in [0.2, 0.25) is 5.02 Å². The second-order valence-electron chi connectivity index (χ2n) is 10.3. The SMILES string of the molecule is Cc1nn2c(C3CCCN(Cc4ccc(Cl)cc4)C3)ccnc2c1CNCC1CCN(C(N)=O)CC1.